The van der Waals surface area contributed by atoms with E-state index in [1.54, 1.807) is 6.07 Å². The van der Waals surface area contributed by atoms with Gasteiger partial charge in [-0.1, -0.05) is 6.92 Å². The molecular weight excluding hydrogens is 290 g/mol. The minimum Gasteiger partial charge on any atom is -0.447 e. The quantitative estimate of drug-likeness (QED) is 0.785. The highest BCUT2D eigenvalue weighted by Gasteiger charge is 2.22. The molecular formula is C14H25N3O3S. The molecule has 0 spiro atoms. The Morgan fingerprint density at radius 1 is 1.33 bits per heavy atom. The summed E-state index contributed by atoms with van der Waals surface area (Å²) in [7, 11) is -1.44. The van der Waals surface area contributed by atoms with Crippen molar-refractivity contribution in [1.82, 2.24) is 14.9 Å². The first-order chi connectivity index (χ1) is 10.0. The fourth-order valence-corrected chi connectivity index (χ4v) is 3.47. The highest BCUT2D eigenvalue weighted by atomic mass is 32.2. The van der Waals surface area contributed by atoms with Crippen LogP contribution in [0.4, 0.5) is 0 Å². The Labute approximate surface area is 126 Å². The molecule has 1 saturated heterocycles. The summed E-state index contributed by atoms with van der Waals surface area (Å²) in [6.45, 7) is 5.89. The van der Waals surface area contributed by atoms with Crippen molar-refractivity contribution in [3.05, 3.63) is 17.9 Å². The van der Waals surface area contributed by atoms with Crippen molar-refractivity contribution < 1.29 is 12.8 Å². The Hall–Kier alpha value is -0.890. The molecule has 0 aromatic carbocycles. The van der Waals surface area contributed by atoms with Gasteiger partial charge in [-0.15, -0.1) is 0 Å². The van der Waals surface area contributed by atoms with Crippen LogP contribution in [0.3, 0.4) is 0 Å². The normalized spacial score (nSPS) is 18.2. The van der Waals surface area contributed by atoms with Crippen LogP contribution >= 0.6 is 0 Å². The fraction of sp³-hybridized carbons (Fsp3) is 0.714. The lowest BCUT2D eigenvalue weighted by Gasteiger charge is -2.28. The predicted molar refractivity (Wildman–Crippen MR) is 81.5 cm³/mol. The molecule has 0 atom stereocenters. The van der Waals surface area contributed by atoms with E-state index in [2.05, 4.69) is 22.0 Å². The first-order valence-electron chi connectivity index (χ1n) is 7.49. The summed E-state index contributed by atoms with van der Waals surface area (Å²) in [5.41, 5.74) is 0. The molecule has 1 aromatic heterocycles. The third kappa shape index (κ3) is 4.81. The molecule has 0 amide bonds. The van der Waals surface area contributed by atoms with Gasteiger partial charge in [-0.05, 0) is 57.6 Å². The van der Waals surface area contributed by atoms with Gasteiger partial charge in [0.25, 0.3) is 10.0 Å². The van der Waals surface area contributed by atoms with Crippen molar-refractivity contribution in [2.24, 2.45) is 5.92 Å². The SMILES string of the molecule is CCNCc1ccc(S(=O)(=O)NCC2CCN(C)CC2)o1. The van der Waals surface area contributed by atoms with Crippen LogP contribution in [-0.2, 0) is 16.6 Å². The summed E-state index contributed by atoms with van der Waals surface area (Å²) in [5.74, 6) is 1.05. The predicted octanol–water partition coefficient (Wildman–Crippen LogP) is 1.01. The van der Waals surface area contributed by atoms with Gasteiger partial charge in [0.1, 0.15) is 5.76 Å². The number of likely N-dealkylation sites (tertiary alicyclic amines) is 1. The first-order valence-corrected chi connectivity index (χ1v) is 8.97. The Kier molecular flexibility index (Phi) is 5.80. The Morgan fingerprint density at radius 3 is 2.71 bits per heavy atom. The molecule has 0 radical (unpaired) electrons. The highest BCUT2D eigenvalue weighted by molar-refractivity contribution is 7.89. The maximum absolute atomic E-state index is 12.2. The van der Waals surface area contributed by atoms with E-state index in [4.69, 9.17) is 4.42 Å². The number of hydrogen-bond donors (Lipinski definition) is 2. The van der Waals surface area contributed by atoms with Crippen LogP contribution in [0.25, 0.3) is 0 Å². The van der Waals surface area contributed by atoms with Gasteiger partial charge in [0, 0.05) is 6.54 Å². The zero-order valence-electron chi connectivity index (χ0n) is 12.8. The average Bonchev–Trinajstić information content (AvgIpc) is 2.94. The van der Waals surface area contributed by atoms with Gasteiger partial charge in [0.15, 0.2) is 0 Å². The van der Waals surface area contributed by atoms with E-state index in [0.29, 0.717) is 24.8 Å². The lowest BCUT2D eigenvalue weighted by molar-refractivity contribution is 0.220. The monoisotopic (exact) mass is 315 g/mol. The lowest BCUT2D eigenvalue weighted by atomic mass is 9.98. The number of hydrogen-bond acceptors (Lipinski definition) is 5. The Bertz CT molecular complexity index is 533. The molecule has 2 heterocycles. The number of piperidine rings is 1. The van der Waals surface area contributed by atoms with Crippen molar-refractivity contribution >= 4 is 10.0 Å². The maximum atomic E-state index is 12.2. The molecule has 0 unspecified atom stereocenters. The zero-order chi connectivity index (χ0) is 15.3. The van der Waals surface area contributed by atoms with Gasteiger partial charge in [0.05, 0.1) is 6.54 Å². The van der Waals surface area contributed by atoms with E-state index in [1.165, 1.54) is 6.07 Å². The third-order valence-corrected chi connectivity index (χ3v) is 5.15. The molecule has 2 N–H and O–H groups in total. The average molecular weight is 315 g/mol. The molecule has 120 valence electrons. The molecule has 6 nitrogen and oxygen atoms in total. The van der Waals surface area contributed by atoms with Crippen LogP contribution < -0.4 is 10.0 Å². The molecule has 1 aliphatic heterocycles. The van der Waals surface area contributed by atoms with Gasteiger partial charge >= 0.3 is 0 Å². The second kappa shape index (κ2) is 7.40. The number of rotatable bonds is 7. The van der Waals surface area contributed by atoms with Crippen LogP contribution in [0.15, 0.2) is 21.6 Å². The summed E-state index contributed by atoms with van der Waals surface area (Å²) < 4.78 is 32.4. The van der Waals surface area contributed by atoms with Crippen molar-refractivity contribution in [3.8, 4) is 0 Å². The van der Waals surface area contributed by atoms with E-state index < -0.39 is 10.0 Å². The maximum Gasteiger partial charge on any atom is 0.273 e. The number of nitrogens with zero attached hydrogens (tertiary/aromatic N) is 1. The second-order valence-electron chi connectivity index (χ2n) is 5.60. The molecule has 1 fully saturated rings. The van der Waals surface area contributed by atoms with Crippen LogP contribution in [0.1, 0.15) is 25.5 Å². The van der Waals surface area contributed by atoms with Gasteiger partial charge in [-0.25, -0.2) is 13.1 Å². The zero-order valence-corrected chi connectivity index (χ0v) is 13.6. The van der Waals surface area contributed by atoms with E-state index in [-0.39, 0.29) is 5.09 Å². The van der Waals surface area contributed by atoms with E-state index in [1.807, 2.05) is 6.92 Å². The molecule has 1 aromatic rings. The van der Waals surface area contributed by atoms with Gasteiger partial charge in [-0.2, -0.15) is 0 Å². The van der Waals surface area contributed by atoms with E-state index in [9.17, 15) is 8.42 Å². The number of nitrogens with one attached hydrogen (secondary N) is 2. The highest BCUT2D eigenvalue weighted by Crippen LogP contribution is 2.17. The molecule has 2 rings (SSSR count). The molecule has 1 aliphatic rings. The van der Waals surface area contributed by atoms with Crippen LogP contribution in [-0.4, -0.2) is 46.5 Å². The fourth-order valence-electron chi connectivity index (χ4n) is 2.41. The number of sulfonamides is 1. The molecule has 0 bridgehead atoms. The molecule has 0 aliphatic carbocycles. The van der Waals surface area contributed by atoms with Gasteiger partial charge < -0.3 is 14.6 Å². The van der Waals surface area contributed by atoms with Crippen LogP contribution in [0, 0.1) is 5.92 Å². The van der Waals surface area contributed by atoms with Crippen molar-refractivity contribution in [3.63, 3.8) is 0 Å². The first kappa shape index (κ1) is 16.5. The topological polar surface area (TPSA) is 74.6 Å². The van der Waals surface area contributed by atoms with Crippen LogP contribution in [0.5, 0.6) is 0 Å². The van der Waals surface area contributed by atoms with Crippen molar-refractivity contribution in [2.45, 2.75) is 31.4 Å². The van der Waals surface area contributed by atoms with E-state index >= 15 is 0 Å². The summed E-state index contributed by atoms with van der Waals surface area (Å²) in [5, 5.41) is 3.11. The Balaban J connectivity index is 1.87. The third-order valence-electron chi connectivity index (χ3n) is 3.85. The molecule has 21 heavy (non-hydrogen) atoms. The number of furan rings is 1. The standard InChI is InChI=1S/C14H25N3O3S/c1-3-15-11-13-4-5-14(20-13)21(18,19)16-10-12-6-8-17(2)9-7-12/h4-5,12,15-16H,3,6-11H2,1-2H3. The van der Waals surface area contributed by atoms with Crippen LogP contribution in [0.2, 0.25) is 0 Å². The smallest absolute Gasteiger partial charge is 0.273 e. The van der Waals surface area contributed by atoms with Gasteiger partial charge in [0.2, 0.25) is 5.09 Å². The lowest BCUT2D eigenvalue weighted by Crippen LogP contribution is -2.36. The molecule has 7 heteroatoms. The minimum atomic E-state index is -3.54. The minimum absolute atomic E-state index is 0.00308. The second-order valence-corrected chi connectivity index (χ2v) is 7.30. The Morgan fingerprint density at radius 2 is 2.05 bits per heavy atom. The summed E-state index contributed by atoms with van der Waals surface area (Å²) in [6, 6.07) is 3.22. The van der Waals surface area contributed by atoms with Crippen molar-refractivity contribution in [2.75, 3.05) is 33.2 Å². The molecule has 0 saturated carbocycles. The summed E-state index contributed by atoms with van der Waals surface area (Å²) in [4.78, 5) is 2.27. The summed E-state index contributed by atoms with van der Waals surface area (Å²) >= 11 is 0. The summed E-state index contributed by atoms with van der Waals surface area (Å²) in [6.07, 6.45) is 2.06. The van der Waals surface area contributed by atoms with E-state index in [0.717, 1.165) is 32.5 Å². The van der Waals surface area contributed by atoms with Crippen molar-refractivity contribution in [1.29, 1.82) is 0 Å². The van der Waals surface area contributed by atoms with Gasteiger partial charge in [-0.3, -0.25) is 0 Å². The largest absolute Gasteiger partial charge is 0.447 e.